The Balaban J connectivity index is 1.45. The van der Waals surface area contributed by atoms with Crippen molar-refractivity contribution in [3.8, 4) is 22.3 Å². The van der Waals surface area contributed by atoms with Gasteiger partial charge in [-0.1, -0.05) is 182 Å². The van der Waals surface area contributed by atoms with E-state index in [1.807, 2.05) is 0 Å². The number of fused-ring (bicyclic) bond motifs is 2. The lowest BCUT2D eigenvalue weighted by molar-refractivity contribution is 0.445. The van der Waals surface area contributed by atoms with Crippen LogP contribution in [-0.4, -0.2) is 0 Å². The molecule has 7 aromatic carbocycles. The van der Waals surface area contributed by atoms with E-state index in [4.69, 9.17) is 0 Å². The summed E-state index contributed by atoms with van der Waals surface area (Å²) >= 11 is 0. The topological polar surface area (TPSA) is 3.24 Å². The zero-order chi connectivity index (χ0) is 36.7. The largest absolute Gasteiger partial charge is 0.309 e. The Kier molecular flexibility index (Phi) is 9.23. The van der Waals surface area contributed by atoms with E-state index in [2.05, 4.69) is 192 Å². The fourth-order valence-corrected chi connectivity index (χ4v) is 8.62. The molecule has 0 N–H and O–H groups in total. The van der Waals surface area contributed by atoms with Crippen LogP contribution in [0.3, 0.4) is 0 Å². The van der Waals surface area contributed by atoms with E-state index < -0.39 is 0 Å². The minimum atomic E-state index is -0.0269. The fraction of sp³-hybridized carbons (Fsp3) is 0.269. The normalized spacial score (nSPS) is 14.2. The third kappa shape index (κ3) is 6.79. The molecule has 0 aliphatic heterocycles. The van der Waals surface area contributed by atoms with Crippen molar-refractivity contribution >= 4 is 38.6 Å². The van der Waals surface area contributed by atoms with Gasteiger partial charge < -0.3 is 4.90 Å². The highest BCUT2D eigenvalue weighted by molar-refractivity contribution is 6.06. The van der Waals surface area contributed by atoms with Gasteiger partial charge in [0.05, 0.1) is 11.4 Å². The van der Waals surface area contributed by atoms with Crippen LogP contribution >= 0.6 is 0 Å². The second-order valence-corrected chi connectivity index (χ2v) is 17.3. The van der Waals surface area contributed by atoms with E-state index in [1.54, 1.807) is 0 Å². The molecule has 7 aromatic rings. The minimum absolute atomic E-state index is 0.0269. The second-order valence-electron chi connectivity index (χ2n) is 17.3. The highest BCUT2D eigenvalue weighted by atomic mass is 15.1. The molecule has 266 valence electrons. The molecule has 8 rings (SSSR count). The molecule has 1 saturated carbocycles. The van der Waals surface area contributed by atoms with Gasteiger partial charge >= 0.3 is 0 Å². The smallest absolute Gasteiger partial charge is 0.0540 e. The molecule has 0 unspecified atom stereocenters. The standard InChI is InChI=1S/C52H53N/c1-51(2,3)39-33-40(52(4,5)6)35-41(34-39)53(48-31-14-12-26-45(48)44-29-16-22-36-21-10-11-25-42(36)44)49-32-15-13-27-46(49)47-30-18-24-38-23-17-28-43(50(38)47)37-19-8-7-9-20-37/h10-18,21-35,37H,7-9,19-20H2,1-6H3. The quantitative estimate of drug-likeness (QED) is 0.168. The molecule has 1 nitrogen and oxygen atoms in total. The van der Waals surface area contributed by atoms with Crippen molar-refractivity contribution in [1.82, 2.24) is 0 Å². The van der Waals surface area contributed by atoms with Gasteiger partial charge in [0.25, 0.3) is 0 Å². The van der Waals surface area contributed by atoms with Crippen LogP contribution in [0.25, 0.3) is 43.8 Å². The van der Waals surface area contributed by atoms with Gasteiger partial charge in [0.15, 0.2) is 0 Å². The summed E-state index contributed by atoms with van der Waals surface area (Å²) in [5.74, 6) is 0.599. The Hall–Kier alpha value is -5.14. The number of nitrogens with zero attached hydrogens (tertiary/aromatic N) is 1. The monoisotopic (exact) mass is 691 g/mol. The fourth-order valence-electron chi connectivity index (χ4n) is 8.62. The van der Waals surface area contributed by atoms with E-state index in [-0.39, 0.29) is 10.8 Å². The predicted molar refractivity (Wildman–Crippen MR) is 230 cm³/mol. The summed E-state index contributed by atoms with van der Waals surface area (Å²) < 4.78 is 0. The molecule has 1 aliphatic carbocycles. The summed E-state index contributed by atoms with van der Waals surface area (Å²) in [4.78, 5) is 2.57. The average molecular weight is 692 g/mol. The van der Waals surface area contributed by atoms with Gasteiger partial charge in [-0.3, -0.25) is 0 Å². The lowest BCUT2D eigenvalue weighted by atomic mass is 9.80. The van der Waals surface area contributed by atoms with Crippen molar-refractivity contribution in [3.63, 3.8) is 0 Å². The van der Waals surface area contributed by atoms with Crippen LogP contribution in [-0.2, 0) is 10.8 Å². The van der Waals surface area contributed by atoms with Crippen molar-refractivity contribution in [3.05, 3.63) is 162 Å². The number of rotatable bonds is 6. The maximum atomic E-state index is 2.57. The lowest BCUT2D eigenvalue weighted by Gasteiger charge is -2.33. The van der Waals surface area contributed by atoms with Gasteiger partial charge in [-0.25, -0.2) is 0 Å². The van der Waals surface area contributed by atoms with Crippen molar-refractivity contribution in [2.24, 2.45) is 0 Å². The van der Waals surface area contributed by atoms with E-state index in [0.717, 1.165) is 0 Å². The summed E-state index contributed by atoms with van der Waals surface area (Å²) in [5, 5.41) is 5.26. The number of hydrogen-bond donors (Lipinski definition) is 0. The predicted octanol–water partition coefficient (Wildman–Crippen LogP) is 15.4. The molecule has 0 bridgehead atoms. The van der Waals surface area contributed by atoms with Crippen molar-refractivity contribution < 1.29 is 0 Å². The number of para-hydroxylation sites is 2. The van der Waals surface area contributed by atoms with Crippen molar-refractivity contribution in [2.45, 2.75) is 90.4 Å². The number of benzene rings is 7. The van der Waals surface area contributed by atoms with Crippen LogP contribution < -0.4 is 4.90 Å². The first-order chi connectivity index (χ1) is 25.6. The van der Waals surface area contributed by atoms with E-state index in [0.29, 0.717) is 5.92 Å². The van der Waals surface area contributed by atoms with Crippen molar-refractivity contribution in [2.75, 3.05) is 4.90 Å². The Morgan fingerprint density at radius 3 is 1.58 bits per heavy atom. The molecule has 1 aliphatic rings. The summed E-state index contributed by atoms with van der Waals surface area (Å²) in [5.41, 5.74) is 12.7. The SMILES string of the molecule is CC(C)(C)c1cc(N(c2ccccc2-c2cccc3ccccc23)c2ccccc2-c2cccc3cccc(C4CCCCC4)c23)cc(C(C)(C)C)c1. The maximum absolute atomic E-state index is 2.57. The maximum Gasteiger partial charge on any atom is 0.0540 e. The third-order valence-corrected chi connectivity index (χ3v) is 11.5. The van der Waals surface area contributed by atoms with Crippen LogP contribution in [0.15, 0.2) is 146 Å². The van der Waals surface area contributed by atoms with Crippen LogP contribution in [0, 0.1) is 0 Å². The zero-order valence-electron chi connectivity index (χ0n) is 32.4. The molecular formula is C52H53N. The van der Waals surface area contributed by atoms with E-state index in [9.17, 15) is 0 Å². The molecule has 0 heterocycles. The van der Waals surface area contributed by atoms with E-state index >= 15 is 0 Å². The molecule has 1 heteroatoms. The first-order valence-corrected chi connectivity index (χ1v) is 19.7. The summed E-state index contributed by atoms with van der Waals surface area (Å²) in [6.45, 7) is 14.0. The minimum Gasteiger partial charge on any atom is -0.309 e. The van der Waals surface area contributed by atoms with E-state index in [1.165, 1.54) is 110 Å². The number of anilines is 3. The summed E-state index contributed by atoms with van der Waals surface area (Å²) in [6, 6.07) is 54.9. The van der Waals surface area contributed by atoms with Gasteiger partial charge in [0, 0.05) is 16.8 Å². The first kappa shape index (κ1) is 34.9. The zero-order valence-corrected chi connectivity index (χ0v) is 32.4. The van der Waals surface area contributed by atoms with Crippen LogP contribution in [0.2, 0.25) is 0 Å². The van der Waals surface area contributed by atoms with Crippen LogP contribution in [0.1, 0.15) is 96.3 Å². The Morgan fingerprint density at radius 1 is 0.453 bits per heavy atom. The molecule has 0 spiro atoms. The summed E-state index contributed by atoms with van der Waals surface area (Å²) in [7, 11) is 0. The third-order valence-electron chi connectivity index (χ3n) is 11.5. The Morgan fingerprint density at radius 2 is 0.943 bits per heavy atom. The van der Waals surface area contributed by atoms with Gasteiger partial charge in [0.1, 0.15) is 0 Å². The highest BCUT2D eigenvalue weighted by Crippen LogP contribution is 2.49. The lowest BCUT2D eigenvalue weighted by Crippen LogP contribution is -2.19. The first-order valence-electron chi connectivity index (χ1n) is 19.7. The Labute approximate surface area is 317 Å². The second kappa shape index (κ2) is 14.0. The number of hydrogen-bond acceptors (Lipinski definition) is 1. The molecule has 0 radical (unpaired) electrons. The van der Waals surface area contributed by atoms with Gasteiger partial charge in [-0.05, 0) is 103 Å². The van der Waals surface area contributed by atoms with Gasteiger partial charge in [-0.2, -0.15) is 0 Å². The molecule has 0 saturated heterocycles. The molecule has 1 fully saturated rings. The van der Waals surface area contributed by atoms with Gasteiger partial charge in [-0.15, -0.1) is 0 Å². The van der Waals surface area contributed by atoms with Crippen LogP contribution in [0.4, 0.5) is 17.1 Å². The summed E-state index contributed by atoms with van der Waals surface area (Å²) in [6.07, 6.45) is 6.54. The van der Waals surface area contributed by atoms with Crippen LogP contribution in [0.5, 0.6) is 0 Å². The molecular weight excluding hydrogens is 639 g/mol. The molecule has 53 heavy (non-hydrogen) atoms. The van der Waals surface area contributed by atoms with Crippen molar-refractivity contribution in [1.29, 1.82) is 0 Å². The highest BCUT2D eigenvalue weighted by Gasteiger charge is 2.27. The molecule has 0 atom stereocenters. The van der Waals surface area contributed by atoms with Gasteiger partial charge in [0.2, 0.25) is 0 Å². The average Bonchev–Trinajstić information content (AvgIpc) is 3.17. The Bertz CT molecular complexity index is 2370. The molecule has 0 amide bonds. The molecule has 0 aromatic heterocycles.